The van der Waals surface area contributed by atoms with Gasteiger partial charge in [-0.3, -0.25) is 9.69 Å². The molecular weight excluding hydrogens is 268 g/mol. The Morgan fingerprint density at radius 1 is 1.38 bits per heavy atom. The van der Waals surface area contributed by atoms with E-state index in [9.17, 15) is 4.79 Å². The highest BCUT2D eigenvalue weighted by atomic mass is 16.5. The zero-order valence-corrected chi connectivity index (χ0v) is 13.4. The fourth-order valence-corrected chi connectivity index (χ4v) is 1.97. The van der Waals surface area contributed by atoms with Crippen molar-refractivity contribution in [3.05, 3.63) is 29.8 Å². The molecule has 1 amide bonds. The minimum Gasteiger partial charge on any atom is -0.492 e. The molecule has 0 saturated heterocycles. The van der Waals surface area contributed by atoms with Crippen LogP contribution in [-0.2, 0) is 9.53 Å². The Morgan fingerprint density at radius 3 is 2.76 bits per heavy atom. The van der Waals surface area contributed by atoms with Crippen LogP contribution in [-0.4, -0.2) is 57.3 Å². The summed E-state index contributed by atoms with van der Waals surface area (Å²) in [5.74, 6) is 0.891. The van der Waals surface area contributed by atoms with E-state index in [0.717, 1.165) is 11.3 Å². The minimum atomic E-state index is -0.00191. The van der Waals surface area contributed by atoms with Crippen LogP contribution >= 0.6 is 0 Å². The number of aryl methyl sites for hydroxylation is 1. The van der Waals surface area contributed by atoms with E-state index in [1.54, 1.807) is 7.11 Å². The van der Waals surface area contributed by atoms with Gasteiger partial charge in [-0.1, -0.05) is 18.2 Å². The topological polar surface area (TPSA) is 50.8 Å². The lowest BCUT2D eigenvalue weighted by Crippen LogP contribution is -2.42. The van der Waals surface area contributed by atoms with E-state index in [1.165, 1.54) is 0 Å². The number of nitrogens with zero attached hydrogens (tertiary/aromatic N) is 1. The zero-order chi connectivity index (χ0) is 15.7. The lowest BCUT2D eigenvalue weighted by molar-refractivity contribution is -0.122. The van der Waals surface area contributed by atoms with Crippen LogP contribution in [0.15, 0.2) is 24.3 Å². The molecule has 1 atom stereocenters. The summed E-state index contributed by atoms with van der Waals surface area (Å²) in [6, 6.07) is 7.94. The first kappa shape index (κ1) is 17.5. The monoisotopic (exact) mass is 294 g/mol. The molecule has 0 aliphatic carbocycles. The summed E-state index contributed by atoms with van der Waals surface area (Å²) in [4.78, 5) is 13.7. The van der Waals surface area contributed by atoms with Gasteiger partial charge in [0.15, 0.2) is 0 Å². The maximum atomic E-state index is 11.8. The van der Waals surface area contributed by atoms with Gasteiger partial charge in [0, 0.05) is 19.7 Å². The lowest BCUT2D eigenvalue weighted by atomic mass is 10.2. The fraction of sp³-hybridized carbons (Fsp3) is 0.562. The molecule has 21 heavy (non-hydrogen) atoms. The smallest absolute Gasteiger partial charge is 0.234 e. The first-order valence-corrected chi connectivity index (χ1v) is 7.18. The van der Waals surface area contributed by atoms with Gasteiger partial charge in [-0.15, -0.1) is 0 Å². The largest absolute Gasteiger partial charge is 0.492 e. The maximum absolute atomic E-state index is 11.8. The molecule has 0 aromatic heterocycles. The number of rotatable bonds is 9. The number of ether oxygens (including phenoxy) is 2. The van der Waals surface area contributed by atoms with Crippen molar-refractivity contribution in [2.24, 2.45) is 0 Å². The molecule has 1 unspecified atom stereocenters. The van der Waals surface area contributed by atoms with Crippen molar-refractivity contribution in [1.82, 2.24) is 10.2 Å². The van der Waals surface area contributed by atoms with Crippen molar-refractivity contribution < 1.29 is 14.3 Å². The van der Waals surface area contributed by atoms with Crippen LogP contribution in [0.2, 0.25) is 0 Å². The summed E-state index contributed by atoms with van der Waals surface area (Å²) in [7, 11) is 3.53. The Labute approximate surface area is 127 Å². The highest BCUT2D eigenvalue weighted by Crippen LogP contribution is 2.15. The van der Waals surface area contributed by atoms with Crippen molar-refractivity contribution in [3.63, 3.8) is 0 Å². The lowest BCUT2D eigenvalue weighted by Gasteiger charge is -2.19. The Hall–Kier alpha value is -1.59. The molecule has 0 radical (unpaired) electrons. The highest BCUT2D eigenvalue weighted by Gasteiger charge is 2.10. The molecule has 1 aromatic carbocycles. The molecule has 0 spiro atoms. The molecule has 5 nitrogen and oxygen atoms in total. The van der Waals surface area contributed by atoms with Crippen LogP contribution in [0.1, 0.15) is 12.5 Å². The van der Waals surface area contributed by atoms with Gasteiger partial charge < -0.3 is 14.8 Å². The number of para-hydroxylation sites is 1. The summed E-state index contributed by atoms with van der Waals surface area (Å²) in [6.07, 6.45) is 0. The van der Waals surface area contributed by atoms with Crippen molar-refractivity contribution >= 4 is 5.91 Å². The quantitative estimate of drug-likeness (QED) is 0.749. The zero-order valence-electron chi connectivity index (χ0n) is 13.4. The van der Waals surface area contributed by atoms with Gasteiger partial charge >= 0.3 is 0 Å². The summed E-state index contributed by atoms with van der Waals surface area (Å²) in [5.41, 5.74) is 1.12. The molecule has 5 heteroatoms. The molecule has 1 aromatic rings. The van der Waals surface area contributed by atoms with E-state index >= 15 is 0 Å². The van der Waals surface area contributed by atoms with Crippen molar-refractivity contribution in [1.29, 1.82) is 0 Å². The van der Waals surface area contributed by atoms with Crippen molar-refractivity contribution in [2.45, 2.75) is 19.9 Å². The summed E-state index contributed by atoms with van der Waals surface area (Å²) in [5, 5.41) is 2.88. The fourth-order valence-electron chi connectivity index (χ4n) is 1.97. The molecule has 118 valence electrons. The predicted molar refractivity (Wildman–Crippen MR) is 83.7 cm³/mol. The first-order valence-electron chi connectivity index (χ1n) is 7.18. The number of carbonyl (C=O) groups is 1. The first-order chi connectivity index (χ1) is 10.0. The van der Waals surface area contributed by atoms with Crippen LogP contribution in [0.3, 0.4) is 0 Å². The standard InChI is InChI=1S/C16H26N2O3/c1-13-7-5-6-8-15(13)21-10-9-18(3)11-16(19)17-14(2)12-20-4/h5-8,14H,9-12H2,1-4H3,(H,17,19). The average Bonchev–Trinajstić information content (AvgIpc) is 2.40. The normalized spacial score (nSPS) is 12.2. The van der Waals surface area contributed by atoms with Crippen molar-refractivity contribution in [3.8, 4) is 5.75 Å². The SMILES string of the molecule is COCC(C)NC(=O)CN(C)CCOc1ccccc1C. The predicted octanol–water partition coefficient (Wildman–Crippen LogP) is 1.46. The third-order valence-electron chi connectivity index (χ3n) is 3.06. The highest BCUT2D eigenvalue weighted by molar-refractivity contribution is 5.78. The average molecular weight is 294 g/mol. The number of benzene rings is 1. The van der Waals surface area contributed by atoms with E-state index in [1.807, 2.05) is 50.1 Å². The maximum Gasteiger partial charge on any atom is 0.234 e. The number of methoxy groups -OCH3 is 1. The Kier molecular flexibility index (Phi) is 7.79. The van der Waals surface area contributed by atoms with E-state index in [-0.39, 0.29) is 11.9 Å². The molecule has 0 aliphatic rings. The van der Waals surface area contributed by atoms with Crippen LogP contribution in [0.4, 0.5) is 0 Å². The number of amides is 1. The van der Waals surface area contributed by atoms with Gasteiger partial charge in [-0.25, -0.2) is 0 Å². The van der Waals surface area contributed by atoms with Gasteiger partial charge in [-0.2, -0.15) is 0 Å². The summed E-state index contributed by atoms with van der Waals surface area (Å²) in [6.45, 7) is 6.06. The number of hydrogen-bond donors (Lipinski definition) is 1. The van der Waals surface area contributed by atoms with E-state index in [4.69, 9.17) is 9.47 Å². The molecule has 0 saturated carbocycles. The third-order valence-corrected chi connectivity index (χ3v) is 3.06. The second kappa shape index (κ2) is 9.37. The van der Waals surface area contributed by atoms with Gasteiger partial charge in [0.25, 0.3) is 0 Å². The number of nitrogens with one attached hydrogen (secondary N) is 1. The number of carbonyl (C=O) groups excluding carboxylic acids is 1. The molecule has 1 rings (SSSR count). The Bertz CT molecular complexity index is 437. The Balaban J connectivity index is 2.23. The summed E-state index contributed by atoms with van der Waals surface area (Å²) < 4.78 is 10.7. The van der Waals surface area contributed by atoms with Crippen LogP contribution < -0.4 is 10.1 Å². The minimum absolute atomic E-state index is 0.00191. The molecule has 0 fully saturated rings. The molecular formula is C16H26N2O3. The Morgan fingerprint density at radius 2 is 2.10 bits per heavy atom. The van der Waals surface area contributed by atoms with Gasteiger partial charge in [0.1, 0.15) is 12.4 Å². The van der Waals surface area contributed by atoms with Gasteiger partial charge in [-0.05, 0) is 32.5 Å². The van der Waals surface area contributed by atoms with Gasteiger partial charge in [0.2, 0.25) is 5.91 Å². The van der Waals surface area contributed by atoms with Crippen LogP contribution in [0.25, 0.3) is 0 Å². The van der Waals surface area contributed by atoms with E-state index in [0.29, 0.717) is 26.3 Å². The molecule has 0 aliphatic heterocycles. The molecule has 0 bridgehead atoms. The number of hydrogen-bond acceptors (Lipinski definition) is 4. The van der Waals surface area contributed by atoms with Crippen LogP contribution in [0, 0.1) is 6.92 Å². The molecule has 0 heterocycles. The van der Waals surface area contributed by atoms with Gasteiger partial charge in [0.05, 0.1) is 13.2 Å². The second-order valence-electron chi connectivity index (χ2n) is 5.28. The number of likely N-dealkylation sites (N-methyl/N-ethyl adjacent to an activating group) is 1. The van der Waals surface area contributed by atoms with Crippen LogP contribution in [0.5, 0.6) is 5.75 Å². The van der Waals surface area contributed by atoms with E-state index in [2.05, 4.69) is 5.32 Å². The van der Waals surface area contributed by atoms with Crippen molar-refractivity contribution in [2.75, 3.05) is 40.5 Å². The molecule has 1 N–H and O–H groups in total. The summed E-state index contributed by atoms with van der Waals surface area (Å²) >= 11 is 0. The van der Waals surface area contributed by atoms with E-state index < -0.39 is 0 Å². The third kappa shape index (κ3) is 7.11. The second-order valence-corrected chi connectivity index (χ2v) is 5.28.